The molecule has 0 bridgehead atoms. The lowest BCUT2D eigenvalue weighted by atomic mass is 10.2. The first-order chi connectivity index (χ1) is 12.1. The lowest BCUT2D eigenvalue weighted by molar-refractivity contribution is 0.227. The van der Waals surface area contributed by atoms with Crippen LogP contribution >= 0.6 is 28.1 Å². The van der Waals surface area contributed by atoms with Gasteiger partial charge in [-0.2, -0.15) is 0 Å². The van der Waals surface area contributed by atoms with Crippen LogP contribution in [-0.4, -0.2) is 37.3 Å². The molecule has 0 unspecified atom stereocenters. The molecule has 1 aromatic carbocycles. The fraction of sp³-hybridized carbons (Fsp3) is 0.278. The van der Waals surface area contributed by atoms with Crippen LogP contribution in [0.5, 0.6) is 0 Å². The molecule has 2 heterocycles. The van der Waals surface area contributed by atoms with Crippen LogP contribution in [0.1, 0.15) is 13.8 Å². The Balaban J connectivity index is 2.15. The van der Waals surface area contributed by atoms with E-state index in [0.29, 0.717) is 11.4 Å². The van der Waals surface area contributed by atoms with Gasteiger partial charge in [-0.3, -0.25) is 14.5 Å². The van der Waals surface area contributed by atoms with Crippen LogP contribution in [0.4, 0.5) is 0 Å². The summed E-state index contributed by atoms with van der Waals surface area (Å²) in [7, 11) is 0. The van der Waals surface area contributed by atoms with Gasteiger partial charge in [-0.1, -0.05) is 29.8 Å². The summed E-state index contributed by atoms with van der Waals surface area (Å²) in [6, 6.07) is 12.0. The van der Waals surface area contributed by atoms with Crippen molar-refractivity contribution in [2.24, 2.45) is 0 Å². The molecule has 3 rings (SSSR count). The molecule has 2 aromatic heterocycles. The first-order valence-corrected chi connectivity index (χ1v) is 9.42. The van der Waals surface area contributed by atoms with Gasteiger partial charge in [-0.15, -0.1) is 5.10 Å². The Bertz CT molecular complexity index is 882. The van der Waals surface area contributed by atoms with E-state index in [1.165, 1.54) is 0 Å². The molecule has 3 aromatic rings. The molecule has 0 aliphatic carbocycles. The number of pyridine rings is 1. The predicted octanol–water partition coefficient (Wildman–Crippen LogP) is 4.53. The van der Waals surface area contributed by atoms with E-state index in [1.54, 1.807) is 12.4 Å². The number of nitrogens with zero attached hydrogens (tertiary/aromatic N) is 5. The molecule has 0 radical (unpaired) electrons. The Morgan fingerprint density at radius 2 is 1.68 bits per heavy atom. The van der Waals surface area contributed by atoms with Gasteiger partial charge >= 0.3 is 0 Å². The first-order valence-electron chi connectivity index (χ1n) is 8.22. The zero-order valence-corrected chi connectivity index (χ0v) is 16.7. The largest absolute Gasteiger partial charge is 0.285 e. The van der Waals surface area contributed by atoms with E-state index >= 15 is 0 Å². The summed E-state index contributed by atoms with van der Waals surface area (Å²) in [5, 5.41) is 4.81. The molecule has 0 amide bonds. The molecule has 5 nitrogen and oxygen atoms in total. The van der Waals surface area contributed by atoms with Gasteiger partial charge < -0.3 is 0 Å². The minimum Gasteiger partial charge on any atom is -0.285 e. The third kappa shape index (κ3) is 3.89. The van der Waals surface area contributed by atoms with Crippen molar-refractivity contribution in [2.75, 3.05) is 13.1 Å². The highest BCUT2D eigenvalue weighted by molar-refractivity contribution is 9.10. The van der Waals surface area contributed by atoms with E-state index in [-0.39, 0.29) is 0 Å². The lowest BCUT2D eigenvalue weighted by Crippen LogP contribution is -2.26. The Morgan fingerprint density at radius 3 is 2.28 bits per heavy atom. The molecule has 0 spiro atoms. The highest BCUT2D eigenvalue weighted by Gasteiger charge is 2.15. The smallest absolute Gasteiger partial charge is 0.204 e. The number of rotatable bonds is 6. The fourth-order valence-electron chi connectivity index (χ4n) is 2.62. The molecule has 7 heteroatoms. The maximum Gasteiger partial charge on any atom is 0.204 e. The van der Waals surface area contributed by atoms with Gasteiger partial charge in [0.2, 0.25) is 4.77 Å². The number of halogens is 1. The Morgan fingerprint density at radius 1 is 1.04 bits per heavy atom. The second kappa shape index (κ2) is 8.03. The van der Waals surface area contributed by atoms with Crippen molar-refractivity contribution in [3.63, 3.8) is 0 Å². The van der Waals surface area contributed by atoms with Crippen molar-refractivity contribution in [2.45, 2.75) is 20.5 Å². The van der Waals surface area contributed by atoms with Gasteiger partial charge in [0.15, 0.2) is 5.82 Å². The van der Waals surface area contributed by atoms with Gasteiger partial charge in [-0.25, -0.2) is 4.68 Å². The van der Waals surface area contributed by atoms with Gasteiger partial charge in [0.05, 0.1) is 12.4 Å². The minimum atomic E-state index is 0.674. The Hall–Kier alpha value is -1.83. The molecule has 0 fully saturated rings. The quantitative estimate of drug-likeness (QED) is 0.552. The maximum absolute atomic E-state index is 5.75. The molecule has 25 heavy (non-hydrogen) atoms. The van der Waals surface area contributed by atoms with Crippen molar-refractivity contribution in [3.05, 3.63) is 58.0 Å². The first kappa shape index (κ1) is 18.0. The van der Waals surface area contributed by atoms with Gasteiger partial charge in [0.1, 0.15) is 0 Å². The van der Waals surface area contributed by atoms with E-state index in [9.17, 15) is 0 Å². The number of aromatic nitrogens is 4. The molecule has 0 saturated heterocycles. The van der Waals surface area contributed by atoms with Crippen LogP contribution in [0.25, 0.3) is 17.1 Å². The van der Waals surface area contributed by atoms with Crippen LogP contribution in [-0.2, 0) is 6.67 Å². The number of hydrogen-bond acceptors (Lipinski definition) is 4. The fourth-order valence-corrected chi connectivity index (χ4v) is 3.18. The predicted molar refractivity (Wildman–Crippen MR) is 106 cm³/mol. The van der Waals surface area contributed by atoms with Crippen molar-refractivity contribution >= 4 is 28.1 Å². The topological polar surface area (TPSA) is 38.9 Å². The van der Waals surface area contributed by atoms with Gasteiger partial charge in [0, 0.05) is 22.4 Å². The number of benzene rings is 1. The summed E-state index contributed by atoms with van der Waals surface area (Å²) < 4.78 is 5.62. The normalized spacial score (nSPS) is 11.2. The van der Waals surface area contributed by atoms with Crippen molar-refractivity contribution in [1.29, 1.82) is 0 Å². The molecule has 0 atom stereocenters. The van der Waals surface area contributed by atoms with Crippen molar-refractivity contribution < 1.29 is 0 Å². The van der Waals surface area contributed by atoms with Crippen LogP contribution in [0.15, 0.2) is 53.3 Å². The SMILES string of the molecule is CCN(CC)Cn1nc(-c2ccncc2)n(-c2ccc(Br)cc2)c1=S. The number of hydrogen-bond donors (Lipinski definition) is 0. The maximum atomic E-state index is 5.75. The van der Waals surface area contributed by atoms with Crippen LogP contribution in [0.3, 0.4) is 0 Å². The average molecular weight is 418 g/mol. The standard InChI is InChI=1S/C18H20BrN5S/c1-3-22(4-2)13-23-18(25)24(16-7-5-15(19)6-8-16)17(21-23)14-9-11-20-12-10-14/h5-12H,3-4,13H2,1-2H3. The molecule has 0 saturated carbocycles. The molecule has 130 valence electrons. The molecular formula is C18H20BrN5S. The van der Waals surface area contributed by atoms with Crippen molar-refractivity contribution in [3.8, 4) is 17.1 Å². The monoisotopic (exact) mass is 417 g/mol. The van der Waals surface area contributed by atoms with E-state index < -0.39 is 0 Å². The zero-order chi connectivity index (χ0) is 17.8. The second-order valence-corrected chi connectivity index (χ2v) is 6.88. The van der Waals surface area contributed by atoms with Crippen LogP contribution < -0.4 is 0 Å². The highest BCUT2D eigenvalue weighted by atomic mass is 79.9. The van der Waals surface area contributed by atoms with E-state index in [1.807, 2.05) is 45.6 Å². The third-order valence-corrected chi connectivity index (χ3v) is 5.01. The molecule has 0 aliphatic heterocycles. The van der Waals surface area contributed by atoms with Crippen LogP contribution in [0, 0.1) is 4.77 Å². The van der Waals surface area contributed by atoms with E-state index in [2.05, 4.69) is 39.7 Å². The van der Waals surface area contributed by atoms with Crippen LogP contribution in [0.2, 0.25) is 0 Å². The molecule has 0 N–H and O–H groups in total. The van der Waals surface area contributed by atoms with E-state index in [0.717, 1.165) is 34.6 Å². The zero-order valence-electron chi connectivity index (χ0n) is 14.3. The Kier molecular flexibility index (Phi) is 5.78. The molecular weight excluding hydrogens is 398 g/mol. The van der Waals surface area contributed by atoms with Gasteiger partial charge in [0.25, 0.3) is 0 Å². The summed E-state index contributed by atoms with van der Waals surface area (Å²) >= 11 is 9.24. The average Bonchev–Trinajstić information content (AvgIpc) is 2.97. The second-order valence-electron chi connectivity index (χ2n) is 5.60. The summed E-state index contributed by atoms with van der Waals surface area (Å²) in [5.41, 5.74) is 1.98. The summed E-state index contributed by atoms with van der Waals surface area (Å²) in [6.07, 6.45) is 3.54. The van der Waals surface area contributed by atoms with Crippen molar-refractivity contribution in [1.82, 2.24) is 24.2 Å². The Labute approximate surface area is 161 Å². The summed E-state index contributed by atoms with van der Waals surface area (Å²) in [4.78, 5) is 6.39. The van der Waals surface area contributed by atoms with E-state index in [4.69, 9.17) is 17.3 Å². The van der Waals surface area contributed by atoms with Gasteiger partial charge in [-0.05, 0) is 61.7 Å². The molecule has 0 aliphatic rings. The minimum absolute atomic E-state index is 0.674. The summed E-state index contributed by atoms with van der Waals surface area (Å²) in [6.45, 7) is 6.86. The summed E-state index contributed by atoms with van der Waals surface area (Å²) in [5.74, 6) is 0.821. The highest BCUT2D eigenvalue weighted by Crippen LogP contribution is 2.23. The lowest BCUT2D eigenvalue weighted by Gasteiger charge is -2.17. The third-order valence-electron chi connectivity index (χ3n) is 4.09.